The Labute approximate surface area is 170 Å². The van der Waals surface area contributed by atoms with E-state index in [0.29, 0.717) is 0 Å². The number of halogens is 6. The molecule has 0 fully saturated rings. The van der Waals surface area contributed by atoms with Crippen molar-refractivity contribution in [1.29, 1.82) is 0 Å². The second kappa shape index (κ2) is 7.47. The number of esters is 1. The van der Waals surface area contributed by atoms with Crippen molar-refractivity contribution in [1.82, 2.24) is 9.97 Å². The van der Waals surface area contributed by atoms with Crippen LogP contribution in [0.5, 0.6) is 5.75 Å². The minimum Gasteiger partial charge on any atom is -0.423 e. The molecule has 0 amide bonds. The average Bonchev–Trinajstić information content (AvgIpc) is 3.10. The number of nitrogens with zero attached hydrogens (tertiary/aromatic N) is 3. The van der Waals surface area contributed by atoms with Gasteiger partial charge in [0.15, 0.2) is 11.1 Å². The molecule has 10 nitrogen and oxygen atoms in total. The number of nitro benzene ring substituents is 2. The van der Waals surface area contributed by atoms with Gasteiger partial charge in [-0.15, -0.1) is 0 Å². The van der Waals surface area contributed by atoms with E-state index in [9.17, 15) is 51.4 Å². The molecular weight excluding hydrogens is 458 g/mol. The third-order valence-corrected chi connectivity index (χ3v) is 3.97. The first-order valence-electron chi connectivity index (χ1n) is 8.02. The minimum atomic E-state index is -5.41. The highest BCUT2D eigenvalue weighted by Gasteiger charge is 2.44. The van der Waals surface area contributed by atoms with Crippen molar-refractivity contribution in [3.63, 3.8) is 0 Å². The van der Waals surface area contributed by atoms with Gasteiger partial charge in [-0.2, -0.15) is 26.3 Å². The smallest absolute Gasteiger partial charge is 0.423 e. The molecule has 0 bridgehead atoms. The summed E-state index contributed by atoms with van der Waals surface area (Å²) in [4.78, 5) is 36.7. The SMILES string of the molecule is O=C(Oc1ccc([N+](=O)[O-])cc1)c1c(C(F)(F)F)cc2[nH]c(C(F)(F)F)nc2c1[N+](=O)[O-]. The largest absolute Gasteiger partial charge is 0.449 e. The van der Waals surface area contributed by atoms with Gasteiger partial charge in [-0.3, -0.25) is 20.2 Å². The number of H-pyrrole nitrogens is 1. The van der Waals surface area contributed by atoms with Crippen molar-refractivity contribution < 1.29 is 45.7 Å². The van der Waals surface area contributed by atoms with Crippen LogP contribution in [0, 0.1) is 20.2 Å². The lowest BCUT2D eigenvalue weighted by molar-refractivity contribution is -0.384. The Morgan fingerprint density at radius 1 is 0.969 bits per heavy atom. The maximum atomic E-state index is 13.5. The first-order chi connectivity index (χ1) is 14.7. The molecule has 3 aromatic rings. The predicted molar refractivity (Wildman–Crippen MR) is 90.8 cm³/mol. The summed E-state index contributed by atoms with van der Waals surface area (Å²) in [5.41, 5.74) is -7.87. The van der Waals surface area contributed by atoms with Gasteiger partial charge >= 0.3 is 24.0 Å². The molecule has 0 saturated heterocycles. The van der Waals surface area contributed by atoms with E-state index in [-0.39, 0.29) is 6.07 Å². The topological polar surface area (TPSA) is 141 Å². The lowest BCUT2D eigenvalue weighted by Crippen LogP contribution is -2.19. The van der Waals surface area contributed by atoms with Crippen LogP contribution in [0.15, 0.2) is 30.3 Å². The Morgan fingerprint density at radius 3 is 2.03 bits per heavy atom. The summed E-state index contributed by atoms with van der Waals surface area (Å²) < 4.78 is 84.0. The van der Waals surface area contributed by atoms with Crippen LogP contribution < -0.4 is 4.74 Å². The fraction of sp³-hybridized carbons (Fsp3) is 0.125. The van der Waals surface area contributed by atoms with Gasteiger partial charge in [-0.25, -0.2) is 9.78 Å². The zero-order chi connectivity index (χ0) is 24.0. The molecule has 0 atom stereocenters. The van der Waals surface area contributed by atoms with Crippen molar-refractivity contribution in [2.75, 3.05) is 0 Å². The molecule has 3 rings (SSSR count). The number of nitro groups is 2. The average molecular weight is 464 g/mol. The van der Waals surface area contributed by atoms with E-state index >= 15 is 0 Å². The maximum absolute atomic E-state index is 13.5. The number of hydrogen-bond acceptors (Lipinski definition) is 7. The Morgan fingerprint density at radius 2 is 1.56 bits per heavy atom. The highest BCUT2D eigenvalue weighted by atomic mass is 19.4. The molecule has 1 N–H and O–H groups in total. The number of non-ortho nitro benzene ring substituents is 1. The van der Waals surface area contributed by atoms with E-state index in [1.807, 2.05) is 0 Å². The van der Waals surface area contributed by atoms with Crippen LogP contribution in [-0.4, -0.2) is 25.8 Å². The summed E-state index contributed by atoms with van der Waals surface area (Å²) in [6.07, 6.45) is -10.6. The number of aromatic nitrogens is 2. The number of benzene rings is 2. The van der Waals surface area contributed by atoms with Crippen molar-refractivity contribution in [3.8, 4) is 5.75 Å². The Balaban J connectivity index is 2.22. The summed E-state index contributed by atoms with van der Waals surface area (Å²) in [6.45, 7) is 0. The number of alkyl halides is 6. The quantitative estimate of drug-likeness (QED) is 0.195. The molecule has 1 aromatic heterocycles. The third-order valence-electron chi connectivity index (χ3n) is 3.97. The van der Waals surface area contributed by atoms with E-state index < -0.39 is 73.3 Å². The molecule has 1 heterocycles. The summed E-state index contributed by atoms with van der Waals surface area (Å²) >= 11 is 0. The second-order valence-corrected chi connectivity index (χ2v) is 6.02. The van der Waals surface area contributed by atoms with E-state index in [2.05, 4.69) is 9.72 Å². The van der Waals surface area contributed by atoms with Gasteiger partial charge in [-0.1, -0.05) is 0 Å². The number of rotatable bonds is 4. The van der Waals surface area contributed by atoms with E-state index in [1.165, 1.54) is 4.98 Å². The van der Waals surface area contributed by atoms with Gasteiger partial charge in [0.05, 0.1) is 20.9 Å². The Hall–Kier alpha value is -4.24. The number of imidazole rings is 1. The Kier molecular flexibility index (Phi) is 5.24. The zero-order valence-electron chi connectivity index (χ0n) is 14.9. The van der Waals surface area contributed by atoms with E-state index in [1.54, 1.807) is 0 Å². The molecule has 0 aliphatic carbocycles. The fourth-order valence-electron chi connectivity index (χ4n) is 2.67. The zero-order valence-corrected chi connectivity index (χ0v) is 14.9. The van der Waals surface area contributed by atoms with Crippen LogP contribution >= 0.6 is 0 Å². The second-order valence-electron chi connectivity index (χ2n) is 6.02. The lowest BCUT2D eigenvalue weighted by Gasteiger charge is -2.13. The van der Waals surface area contributed by atoms with Crippen LogP contribution in [0.2, 0.25) is 0 Å². The summed E-state index contributed by atoms with van der Waals surface area (Å²) in [6, 6.07) is 3.42. The van der Waals surface area contributed by atoms with Gasteiger partial charge in [0.25, 0.3) is 5.69 Å². The van der Waals surface area contributed by atoms with Gasteiger partial charge in [0.2, 0.25) is 5.82 Å². The standard InChI is InChI=1S/C16H6F6N4O6/c17-15(18,19)8-5-9-11(24-14(23-9)16(20,21)22)12(26(30)31)10(8)13(27)32-7-3-1-6(2-4-7)25(28)29/h1-5H,(H,23,24). The first kappa shape index (κ1) is 22.4. The number of ether oxygens (including phenoxy) is 1. The van der Waals surface area contributed by atoms with Crippen molar-refractivity contribution in [3.05, 3.63) is 67.5 Å². The van der Waals surface area contributed by atoms with Gasteiger partial charge in [-0.05, 0) is 18.2 Å². The first-order valence-corrected chi connectivity index (χ1v) is 8.02. The summed E-state index contributed by atoms with van der Waals surface area (Å²) in [5, 5.41) is 22.1. The molecule has 32 heavy (non-hydrogen) atoms. The molecule has 168 valence electrons. The molecule has 16 heteroatoms. The number of nitrogens with one attached hydrogen (secondary N) is 1. The highest BCUT2D eigenvalue weighted by Crippen LogP contribution is 2.41. The maximum Gasteiger partial charge on any atom is 0.449 e. The molecule has 0 aliphatic heterocycles. The fourth-order valence-corrected chi connectivity index (χ4v) is 2.67. The van der Waals surface area contributed by atoms with E-state index in [0.717, 1.165) is 24.3 Å². The number of fused-ring (bicyclic) bond motifs is 1. The van der Waals surface area contributed by atoms with Crippen molar-refractivity contribution in [2.24, 2.45) is 0 Å². The number of hydrogen-bond donors (Lipinski definition) is 1. The van der Waals surface area contributed by atoms with Crippen molar-refractivity contribution >= 4 is 28.4 Å². The lowest BCUT2D eigenvalue weighted by atomic mass is 10.0. The third kappa shape index (κ3) is 4.14. The number of aromatic amines is 1. The Bertz CT molecular complexity index is 1250. The minimum absolute atomic E-state index is 0.0665. The molecule has 0 saturated carbocycles. The summed E-state index contributed by atoms with van der Waals surface area (Å²) in [7, 11) is 0. The molecular formula is C16H6F6N4O6. The number of carbonyl (C=O) groups excluding carboxylic acids is 1. The normalized spacial score (nSPS) is 12.1. The van der Waals surface area contributed by atoms with Crippen molar-refractivity contribution in [2.45, 2.75) is 12.4 Å². The monoisotopic (exact) mass is 464 g/mol. The van der Waals surface area contributed by atoms with E-state index in [4.69, 9.17) is 0 Å². The van der Waals surface area contributed by atoms with Gasteiger partial charge < -0.3 is 9.72 Å². The highest BCUT2D eigenvalue weighted by molar-refractivity contribution is 6.04. The number of carbonyl (C=O) groups is 1. The molecule has 0 radical (unpaired) electrons. The van der Waals surface area contributed by atoms with Gasteiger partial charge in [0.1, 0.15) is 5.75 Å². The molecule has 0 aliphatic rings. The molecule has 2 aromatic carbocycles. The van der Waals surface area contributed by atoms with Gasteiger partial charge in [0, 0.05) is 12.1 Å². The van der Waals surface area contributed by atoms with Crippen LogP contribution in [0.4, 0.5) is 37.7 Å². The predicted octanol–water partition coefficient (Wildman–Crippen LogP) is 4.64. The van der Waals surface area contributed by atoms with Crippen LogP contribution in [0.3, 0.4) is 0 Å². The van der Waals surface area contributed by atoms with Crippen LogP contribution in [-0.2, 0) is 12.4 Å². The molecule has 0 spiro atoms. The molecule has 0 unspecified atom stereocenters. The van der Waals surface area contributed by atoms with Crippen LogP contribution in [0.1, 0.15) is 21.7 Å². The summed E-state index contributed by atoms with van der Waals surface area (Å²) in [5.74, 6) is -4.26. The van der Waals surface area contributed by atoms with Crippen LogP contribution in [0.25, 0.3) is 11.0 Å².